The number of hydrogen-bond acceptors (Lipinski definition) is 1. The van der Waals surface area contributed by atoms with E-state index in [1.807, 2.05) is 26.0 Å². The standard InChI is InChI=1S/C12H17NO/c1-4-10-7-6-9(3)11(8-10)13-12(14)5-2/h6-8H,4-5H2,1-3H3,(H,13,14). The van der Waals surface area contributed by atoms with Crippen LogP contribution in [0.4, 0.5) is 5.69 Å². The van der Waals surface area contributed by atoms with Gasteiger partial charge in [0.1, 0.15) is 0 Å². The molecule has 0 aliphatic rings. The highest BCUT2D eigenvalue weighted by atomic mass is 16.1. The number of nitrogens with one attached hydrogen (secondary N) is 1. The molecule has 2 heteroatoms. The van der Waals surface area contributed by atoms with Gasteiger partial charge in [0, 0.05) is 12.1 Å². The second kappa shape index (κ2) is 4.80. The third kappa shape index (κ3) is 2.59. The molecule has 0 atom stereocenters. The summed E-state index contributed by atoms with van der Waals surface area (Å²) in [4.78, 5) is 11.2. The molecule has 1 aromatic carbocycles. The molecule has 0 saturated heterocycles. The number of aryl methyl sites for hydroxylation is 2. The van der Waals surface area contributed by atoms with Crippen molar-refractivity contribution in [1.82, 2.24) is 0 Å². The first-order valence-electron chi connectivity index (χ1n) is 5.06. The van der Waals surface area contributed by atoms with Crippen LogP contribution < -0.4 is 5.32 Å². The summed E-state index contributed by atoms with van der Waals surface area (Å²) < 4.78 is 0. The quantitative estimate of drug-likeness (QED) is 0.782. The summed E-state index contributed by atoms with van der Waals surface area (Å²) in [5, 5.41) is 2.90. The van der Waals surface area contributed by atoms with Gasteiger partial charge >= 0.3 is 0 Å². The van der Waals surface area contributed by atoms with Crippen molar-refractivity contribution in [3.63, 3.8) is 0 Å². The first-order chi connectivity index (χ1) is 6.67. The van der Waals surface area contributed by atoms with Gasteiger partial charge in [-0.25, -0.2) is 0 Å². The fourth-order valence-corrected chi connectivity index (χ4v) is 1.26. The number of rotatable bonds is 3. The third-order valence-electron chi connectivity index (χ3n) is 2.31. The zero-order chi connectivity index (χ0) is 10.6. The zero-order valence-corrected chi connectivity index (χ0v) is 9.05. The molecule has 2 nitrogen and oxygen atoms in total. The minimum Gasteiger partial charge on any atom is -0.326 e. The molecule has 1 rings (SSSR count). The fourth-order valence-electron chi connectivity index (χ4n) is 1.26. The Kier molecular flexibility index (Phi) is 3.69. The van der Waals surface area contributed by atoms with E-state index < -0.39 is 0 Å². The van der Waals surface area contributed by atoms with E-state index in [9.17, 15) is 4.79 Å². The molecule has 0 bridgehead atoms. The van der Waals surface area contributed by atoms with Gasteiger partial charge in [-0.1, -0.05) is 26.0 Å². The maximum atomic E-state index is 11.2. The molecular formula is C12H17NO. The highest BCUT2D eigenvalue weighted by Gasteiger charge is 2.02. The van der Waals surface area contributed by atoms with Crippen LogP contribution in [0.1, 0.15) is 31.4 Å². The average Bonchev–Trinajstić information content (AvgIpc) is 2.21. The van der Waals surface area contributed by atoms with Crippen LogP contribution >= 0.6 is 0 Å². The number of carbonyl (C=O) groups excluding carboxylic acids is 1. The summed E-state index contributed by atoms with van der Waals surface area (Å²) in [6, 6.07) is 6.18. The largest absolute Gasteiger partial charge is 0.326 e. The van der Waals surface area contributed by atoms with Crippen LogP contribution in [-0.4, -0.2) is 5.91 Å². The van der Waals surface area contributed by atoms with Gasteiger partial charge in [-0.15, -0.1) is 0 Å². The summed E-state index contributed by atoms with van der Waals surface area (Å²) >= 11 is 0. The molecule has 14 heavy (non-hydrogen) atoms. The molecule has 0 fully saturated rings. The molecule has 1 amide bonds. The van der Waals surface area contributed by atoms with Crippen LogP contribution in [0.25, 0.3) is 0 Å². The van der Waals surface area contributed by atoms with E-state index in [0.29, 0.717) is 6.42 Å². The molecule has 0 unspecified atom stereocenters. The monoisotopic (exact) mass is 191 g/mol. The number of carbonyl (C=O) groups is 1. The number of anilines is 1. The van der Waals surface area contributed by atoms with E-state index >= 15 is 0 Å². The minimum atomic E-state index is 0.0707. The van der Waals surface area contributed by atoms with Crippen LogP contribution in [0.5, 0.6) is 0 Å². The summed E-state index contributed by atoms with van der Waals surface area (Å²) in [5.74, 6) is 0.0707. The highest BCUT2D eigenvalue weighted by Crippen LogP contribution is 2.17. The predicted molar refractivity (Wildman–Crippen MR) is 59.5 cm³/mol. The Hall–Kier alpha value is -1.31. The smallest absolute Gasteiger partial charge is 0.224 e. The summed E-state index contributed by atoms with van der Waals surface area (Å²) in [6.07, 6.45) is 1.52. The predicted octanol–water partition coefficient (Wildman–Crippen LogP) is 2.91. The third-order valence-corrected chi connectivity index (χ3v) is 2.31. The van der Waals surface area contributed by atoms with E-state index in [0.717, 1.165) is 17.7 Å². The Morgan fingerprint density at radius 3 is 2.64 bits per heavy atom. The molecule has 0 heterocycles. The van der Waals surface area contributed by atoms with Crippen molar-refractivity contribution < 1.29 is 4.79 Å². The van der Waals surface area contributed by atoms with E-state index in [-0.39, 0.29) is 5.91 Å². The Morgan fingerprint density at radius 2 is 2.07 bits per heavy atom. The lowest BCUT2D eigenvalue weighted by Crippen LogP contribution is -2.10. The molecule has 0 aromatic heterocycles. The lowest BCUT2D eigenvalue weighted by molar-refractivity contribution is -0.115. The van der Waals surface area contributed by atoms with Crippen LogP contribution in [0, 0.1) is 6.92 Å². The van der Waals surface area contributed by atoms with Gasteiger partial charge in [0.15, 0.2) is 0 Å². The highest BCUT2D eigenvalue weighted by molar-refractivity contribution is 5.91. The van der Waals surface area contributed by atoms with Crippen LogP contribution in [0.15, 0.2) is 18.2 Å². The van der Waals surface area contributed by atoms with Gasteiger partial charge in [0.05, 0.1) is 0 Å². The first kappa shape index (κ1) is 10.8. The van der Waals surface area contributed by atoms with Gasteiger partial charge < -0.3 is 5.32 Å². The maximum absolute atomic E-state index is 11.2. The van der Waals surface area contributed by atoms with Crippen LogP contribution in [0.2, 0.25) is 0 Å². The fraction of sp³-hybridized carbons (Fsp3) is 0.417. The van der Waals surface area contributed by atoms with Crippen molar-refractivity contribution in [2.24, 2.45) is 0 Å². The van der Waals surface area contributed by atoms with Crippen LogP contribution in [-0.2, 0) is 11.2 Å². The van der Waals surface area contributed by atoms with Crippen molar-refractivity contribution in [2.45, 2.75) is 33.6 Å². The number of benzene rings is 1. The van der Waals surface area contributed by atoms with Crippen molar-refractivity contribution in [2.75, 3.05) is 5.32 Å². The van der Waals surface area contributed by atoms with Crippen molar-refractivity contribution in [1.29, 1.82) is 0 Å². The molecule has 0 aliphatic carbocycles. The Labute approximate surface area is 85.3 Å². The Bertz CT molecular complexity index is 331. The Morgan fingerprint density at radius 1 is 1.36 bits per heavy atom. The van der Waals surface area contributed by atoms with Gasteiger partial charge in [0.2, 0.25) is 5.91 Å². The normalized spacial score (nSPS) is 9.93. The van der Waals surface area contributed by atoms with Gasteiger partial charge in [-0.3, -0.25) is 4.79 Å². The maximum Gasteiger partial charge on any atom is 0.224 e. The average molecular weight is 191 g/mol. The molecular weight excluding hydrogens is 174 g/mol. The second-order valence-electron chi connectivity index (χ2n) is 3.40. The molecule has 76 valence electrons. The molecule has 1 N–H and O–H groups in total. The van der Waals surface area contributed by atoms with Crippen LogP contribution in [0.3, 0.4) is 0 Å². The summed E-state index contributed by atoms with van der Waals surface area (Å²) in [7, 11) is 0. The summed E-state index contributed by atoms with van der Waals surface area (Å²) in [5.41, 5.74) is 3.31. The second-order valence-corrected chi connectivity index (χ2v) is 3.40. The zero-order valence-electron chi connectivity index (χ0n) is 9.05. The minimum absolute atomic E-state index is 0.0707. The first-order valence-corrected chi connectivity index (χ1v) is 5.06. The van der Waals surface area contributed by atoms with Gasteiger partial charge in [-0.2, -0.15) is 0 Å². The summed E-state index contributed by atoms with van der Waals surface area (Å²) in [6.45, 7) is 5.97. The number of amides is 1. The Balaban J connectivity index is 2.89. The van der Waals surface area contributed by atoms with Gasteiger partial charge in [-0.05, 0) is 30.5 Å². The number of hydrogen-bond donors (Lipinski definition) is 1. The van der Waals surface area contributed by atoms with Crippen molar-refractivity contribution in [3.05, 3.63) is 29.3 Å². The van der Waals surface area contributed by atoms with E-state index in [4.69, 9.17) is 0 Å². The van der Waals surface area contributed by atoms with Gasteiger partial charge in [0.25, 0.3) is 0 Å². The van der Waals surface area contributed by atoms with Crippen molar-refractivity contribution >= 4 is 11.6 Å². The lowest BCUT2D eigenvalue weighted by Gasteiger charge is -2.08. The molecule has 1 aromatic rings. The van der Waals surface area contributed by atoms with Crippen molar-refractivity contribution in [3.8, 4) is 0 Å². The van der Waals surface area contributed by atoms with E-state index in [2.05, 4.69) is 18.3 Å². The van der Waals surface area contributed by atoms with E-state index in [1.54, 1.807) is 0 Å². The molecule has 0 radical (unpaired) electrons. The molecule has 0 aliphatic heterocycles. The van der Waals surface area contributed by atoms with E-state index in [1.165, 1.54) is 5.56 Å². The molecule has 0 saturated carbocycles. The lowest BCUT2D eigenvalue weighted by atomic mass is 10.1. The topological polar surface area (TPSA) is 29.1 Å². The molecule has 0 spiro atoms. The SMILES string of the molecule is CCC(=O)Nc1cc(CC)ccc1C.